The maximum absolute atomic E-state index is 10.0. The number of aromatic nitrogens is 1. The molecule has 0 atom stereocenters. The van der Waals surface area contributed by atoms with E-state index in [0.717, 1.165) is 6.20 Å². The van der Waals surface area contributed by atoms with E-state index in [1.807, 2.05) is 0 Å². The molecule has 7 nitrogen and oxygen atoms in total. The average Bonchev–Trinajstić information content (AvgIpc) is 2.03. The summed E-state index contributed by atoms with van der Waals surface area (Å²) < 4.78 is 0. The van der Waals surface area contributed by atoms with Crippen molar-refractivity contribution < 1.29 is 123 Å². The minimum atomic E-state index is -2.33. The van der Waals surface area contributed by atoms with Gasteiger partial charge in [-0.05, 0) is 12.2 Å². The van der Waals surface area contributed by atoms with Crippen molar-refractivity contribution in [1.29, 1.82) is 0 Å². The third kappa shape index (κ3) is 13.4. The Kier molecular flexibility index (Phi) is 18.1. The topological polar surface area (TPSA) is 119 Å². The van der Waals surface area contributed by atoms with Gasteiger partial charge in [-0.3, -0.25) is 10.1 Å². The summed E-state index contributed by atoms with van der Waals surface area (Å²) in [5, 5.41) is 27.0. The van der Waals surface area contributed by atoms with Gasteiger partial charge in [-0.25, -0.2) is 4.98 Å². The smallest absolute Gasteiger partial charge is 0.652 e. The monoisotopic (exact) mass is 296 g/mol. The zero-order valence-corrected chi connectivity index (χ0v) is 15.5. The molecule has 10 heteroatoms. The first-order chi connectivity index (χ1) is 6.43. The Hall–Kier alpha value is 1.38. The molecule has 1 aromatic heterocycles. The molecule has 0 aliphatic heterocycles. The molecule has 0 amide bonds. The number of hydrogen-bond acceptors (Lipinski definition) is 6. The molecule has 1 aromatic rings. The predicted molar refractivity (Wildman–Crippen MR) is 41.3 cm³/mol. The van der Waals surface area contributed by atoms with Crippen LogP contribution in [0.2, 0.25) is 5.15 Å². The quantitative estimate of drug-likeness (QED) is 0.220. The van der Waals surface area contributed by atoms with E-state index in [1.165, 1.54) is 12.1 Å². The van der Waals surface area contributed by atoms with Crippen LogP contribution in [0.3, 0.4) is 0 Å². The zero-order valence-electron chi connectivity index (χ0n) is 8.55. The Labute approximate surface area is 181 Å². The van der Waals surface area contributed by atoms with E-state index in [2.05, 4.69) is 4.98 Å². The molecule has 0 fully saturated rings. The van der Waals surface area contributed by atoms with Gasteiger partial charge >= 0.3 is 103 Å². The Morgan fingerprint density at radius 1 is 1.31 bits per heavy atom. The van der Waals surface area contributed by atoms with Crippen LogP contribution in [0, 0.1) is 10.1 Å². The maximum Gasteiger partial charge on any atom is 1.00 e. The number of carbonyl (C=O) groups excluding carboxylic acids is 1. The maximum atomic E-state index is 10.0. The zero-order chi connectivity index (χ0) is 11.1. The third-order valence-electron chi connectivity index (χ3n) is 0.923. The summed E-state index contributed by atoms with van der Waals surface area (Å²) in [6.45, 7) is 0. The van der Waals surface area contributed by atoms with Crippen LogP contribution < -0.4 is 113 Å². The van der Waals surface area contributed by atoms with Gasteiger partial charge in [-0.2, -0.15) is 0 Å². The summed E-state index contributed by atoms with van der Waals surface area (Å²) in [5.41, 5.74) is -0.0515. The second-order valence-corrected chi connectivity index (χ2v) is 2.23. The van der Waals surface area contributed by atoms with Gasteiger partial charge in [0, 0.05) is 6.07 Å². The van der Waals surface area contributed by atoms with Gasteiger partial charge in [0.25, 0.3) is 5.69 Å². The first-order valence-electron chi connectivity index (χ1n) is 3.07. The molecule has 0 aliphatic carbocycles. The largest absolute Gasteiger partial charge is 1.00 e. The average molecular weight is 297 g/mol. The number of nitrogens with zero attached hydrogens (tertiary/aromatic N) is 2. The number of carboxylic acid groups (broad SMARTS) is 2. The minimum absolute atomic E-state index is 0. The van der Waals surface area contributed by atoms with Gasteiger partial charge in [0.2, 0.25) is 0 Å². The Morgan fingerprint density at radius 2 is 1.75 bits per heavy atom. The van der Waals surface area contributed by atoms with Crippen LogP contribution in [-0.4, -0.2) is 16.1 Å². The van der Waals surface area contributed by atoms with Gasteiger partial charge in [0.1, 0.15) is 11.3 Å². The molecule has 1 heterocycles. The van der Waals surface area contributed by atoms with Crippen molar-refractivity contribution in [2.75, 3.05) is 0 Å². The van der Waals surface area contributed by atoms with Crippen molar-refractivity contribution in [3.63, 3.8) is 0 Å². The second-order valence-electron chi connectivity index (χ2n) is 1.85. The molecule has 0 N–H and O–H groups in total. The third-order valence-corrected chi connectivity index (χ3v) is 1.15. The van der Waals surface area contributed by atoms with E-state index >= 15 is 0 Å². The summed E-state index contributed by atoms with van der Waals surface area (Å²) in [6.07, 6.45) is -1.22. The van der Waals surface area contributed by atoms with Gasteiger partial charge in [0.15, 0.2) is 0 Å². The van der Waals surface area contributed by atoms with E-state index in [4.69, 9.17) is 26.6 Å². The van der Waals surface area contributed by atoms with Gasteiger partial charge < -0.3 is 15.0 Å². The fourth-order valence-corrected chi connectivity index (χ4v) is 0.588. The number of nitro groups is 1. The van der Waals surface area contributed by atoms with Crippen LogP contribution in [0.15, 0.2) is 18.3 Å². The molecule has 76 valence electrons. The Balaban J connectivity index is -0.000000249. The number of halogens is 1. The second kappa shape index (κ2) is 12.8. The number of rotatable bonds is 1. The van der Waals surface area contributed by atoms with Crippen LogP contribution in [0.4, 0.5) is 10.5 Å². The fourth-order valence-electron chi connectivity index (χ4n) is 0.476. The van der Waals surface area contributed by atoms with Gasteiger partial charge in [0.05, 0.1) is 4.92 Å². The van der Waals surface area contributed by atoms with Crippen molar-refractivity contribution in [1.82, 2.24) is 4.98 Å². The van der Waals surface area contributed by atoms with Crippen molar-refractivity contribution >= 4 is 23.4 Å². The molecule has 0 saturated heterocycles. The SMILES string of the molecule is O=C([O-])[O-].O=[N+]([O-])c1ccc(Cl)nc1.[K+].[K+]. The molecule has 0 aliphatic rings. The molecule has 0 aromatic carbocycles. The normalized spacial score (nSPS) is 7.31. The molecule has 0 saturated carbocycles. The van der Waals surface area contributed by atoms with Crippen LogP contribution >= 0.6 is 11.6 Å². The predicted octanol–water partition coefficient (Wildman–Crippen LogP) is -6.80. The summed E-state index contributed by atoms with van der Waals surface area (Å²) in [6, 6.07) is 2.68. The Morgan fingerprint density at radius 3 is 2.00 bits per heavy atom. The van der Waals surface area contributed by atoms with Crippen molar-refractivity contribution in [3.8, 4) is 0 Å². The summed E-state index contributed by atoms with van der Waals surface area (Å²) in [5.74, 6) is 0. The first kappa shape index (κ1) is 22.6. The fraction of sp³-hybridized carbons (Fsp3) is 0. The van der Waals surface area contributed by atoms with E-state index < -0.39 is 11.1 Å². The molecule has 0 bridgehead atoms. The van der Waals surface area contributed by atoms with Crippen LogP contribution in [0.25, 0.3) is 0 Å². The molecular formula is C6H3ClK2N2O5. The molecule has 1 rings (SSSR count). The summed E-state index contributed by atoms with van der Waals surface area (Å²) in [7, 11) is 0. The van der Waals surface area contributed by atoms with Crippen LogP contribution in [0.5, 0.6) is 0 Å². The van der Waals surface area contributed by atoms with E-state index in [9.17, 15) is 10.1 Å². The summed E-state index contributed by atoms with van der Waals surface area (Å²) >= 11 is 5.38. The molecular weight excluding hydrogens is 294 g/mol. The van der Waals surface area contributed by atoms with E-state index in [-0.39, 0.29) is 114 Å². The molecule has 0 unspecified atom stereocenters. The van der Waals surface area contributed by atoms with Gasteiger partial charge in [-0.1, -0.05) is 11.6 Å². The van der Waals surface area contributed by atoms with Crippen LogP contribution in [0.1, 0.15) is 0 Å². The number of hydrogen-bond donors (Lipinski definition) is 0. The van der Waals surface area contributed by atoms with Crippen LogP contribution in [-0.2, 0) is 0 Å². The molecule has 16 heavy (non-hydrogen) atoms. The standard InChI is InChI=1S/C5H3ClN2O2.CH2O3.2K/c6-5-2-1-4(3-7-5)8(9)10;2-1(3)4;;/h1-3H;(H2,2,3,4);;/q;;2*+1/p-2. The molecule has 0 spiro atoms. The molecule has 0 radical (unpaired) electrons. The van der Waals surface area contributed by atoms with Crippen molar-refractivity contribution in [3.05, 3.63) is 33.6 Å². The van der Waals surface area contributed by atoms with Crippen molar-refractivity contribution in [2.24, 2.45) is 0 Å². The first-order valence-corrected chi connectivity index (χ1v) is 3.45. The van der Waals surface area contributed by atoms with E-state index in [0.29, 0.717) is 0 Å². The summed E-state index contributed by atoms with van der Waals surface area (Å²) in [4.78, 5) is 21.4. The van der Waals surface area contributed by atoms with Crippen molar-refractivity contribution in [2.45, 2.75) is 0 Å². The minimum Gasteiger partial charge on any atom is -0.652 e. The Bertz CT molecular complexity index is 330. The number of carbonyl (C=O) groups is 1. The number of pyridine rings is 1. The van der Waals surface area contributed by atoms with Gasteiger partial charge in [-0.15, -0.1) is 0 Å². The van der Waals surface area contributed by atoms with E-state index in [1.54, 1.807) is 0 Å².